The van der Waals surface area contributed by atoms with Crippen LogP contribution in [0, 0.1) is 0 Å². The van der Waals surface area contributed by atoms with Gasteiger partial charge < -0.3 is 5.73 Å². The molecule has 0 aromatic heterocycles. The third kappa shape index (κ3) is 3.78. The maximum absolute atomic E-state index is 11.7. The fourth-order valence-corrected chi connectivity index (χ4v) is 4.45. The van der Waals surface area contributed by atoms with E-state index in [4.69, 9.17) is 16.0 Å². The molecule has 2 rings (SSSR count). The Kier molecular flexibility index (Phi) is 4.49. The van der Waals surface area contributed by atoms with Gasteiger partial charge >= 0.3 is 0 Å². The van der Waals surface area contributed by atoms with Crippen LogP contribution >= 0.6 is 11.8 Å². The number of hydrogen-bond donors (Lipinski definition) is 3. The van der Waals surface area contributed by atoms with Gasteiger partial charge in [0.1, 0.15) is 4.90 Å². The van der Waals surface area contributed by atoms with Gasteiger partial charge in [-0.25, -0.2) is 27.1 Å². The van der Waals surface area contributed by atoms with Gasteiger partial charge in [0.25, 0.3) is 0 Å². The number of sulfonamides is 2. The number of hydrogen-bond acceptors (Lipinski definition) is 6. The van der Waals surface area contributed by atoms with Crippen LogP contribution in [0.25, 0.3) is 0 Å². The summed E-state index contributed by atoms with van der Waals surface area (Å²) in [5.74, 6) is 0. The van der Waals surface area contributed by atoms with Gasteiger partial charge in [0.2, 0.25) is 20.0 Å². The van der Waals surface area contributed by atoms with E-state index in [2.05, 4.69) is 0 Å². The predicted octanol–water partition coefficient (Wildman–Crippen LogP) is 0.715. The first kappa shape index (κ1) is 16.8. The van der Waals surface area contributed by atoms with Gasteiger partial charge in [0, 0.05) is 9.79 Å². The first-order valence-electron chi connectivity index (χ1n) is 5.81. The highest BCUT2D eigenvalue weighted by atomic mass is 32.2. The lowest BCUT2D eigenvalue weighted by Gasteiger charge is -2.11. The van der Waals surface area contributed by atoms with Crippen molar-refractivity contribution in [3.63, 3.8) is 0 Å². The van der Waals surface area contributed by atoms with Crippen LogP contribution in [0.1, 0.15) is 0 Å². The van der Waals surface area contributed by atoms with Crippen molar-refractivity contribution in [3.05, 3.63) is 42.5 Å². The maximum atomic E-state index is 11.7. The zero-order chi connectivity index (χ0) is 16.5. The van der Waals surface area contributed by atoms with Crippen molar-refractivity contribution >= 4 is 37.5 Å². The Morgan fingerprint density at radius 2 is 1.36 bits per heavy atom. The molecule has 0 heterocycles. The second-order valence-electron chi connectivity index (χ2n) is 4.34. The molecular formula is C12H13N3O4S3. The Morgan fingerprint density at radius 1 is 0.818 bits per heavy atom. The molecule has 0 spiro atoms. The topological polar surface area (TPSA) is 146 Å². The summed E-state index contributed by atoms with van der Waals surface area (Å²) in [5.41, 5.74) is 5.52. The van der Waals surface area contributed by atoms with Gasteiger partial charge in [-0.3, -0.25) is 0 Å². The number of primary sulfonamides is 2. The molecule has 2 aromatic rings. The summed E-state index contributed by atoms with van der Waals surface area (Å²) in [4.78, 5) is 0.141. The van der Waals surface area contributed by atoms with E-state index < -0.39 is 24.9 Å². The van der Waals surface area contributed by atoms with Gasteiger partial charge in [0.15, 0.2) is 0 Å². The Balaban J connectivity index is 2.66. The van der Waals surface area contributed by atoms with Crippen molar-refractivity contribution < 1.29 is 16.8 Å². The van der Waals surface area contributed by atoms with Crippen LogP contribution in [0.2, 0.25) is 0 Å². The normalized spacial score (nSPS) is 12.3. The molecule has 0 aliphatic carbocycles. The second kappa shape index (κ2) is 5.89. The van der Waals surface area contributed by atoms with E-state index in [9.17, 15) is 16.8 Å². The van der Waals surface area contributed by atoms with Gasteiger partial charge in [-0.2, -0.15) is 0 Å². The van der Waals surface area contributed by atoms with E-state index in [1.54, 1.807) is 24.3 Å². The maximum Gasteiger partial charge on any atom is 0.240 e. The number of rotatable bonds is 4. The first-order chi connectivity index (χ1) is 10.1. The Hall–Kier alpha value is -1.59. The minimum atomic E-state index is -4.16. The molecular weight excluding hydrogens is 346 g/mol. The molecule has 0 saturated carbocycles. The number of benzene rings is 2. The predicted molar refractivity (Wildman–Crippen MR) is 84.2 cm³/mol. The molecule has 0 bridgehead atoms. The van der Waals surface area contributed by atoms with Gasteiger partial charge in [0.05, 0.1) is 10.6 Å². The van der Waals surface area contributed by atoms with Crippen LogP contribution in [0.5, 0.6) is 0 Å². The highest BCUT2D eigenvalue weighted by Gasteiger charge is 2.22. The van der Waals surface area contributed by atoms with E-state index in [0.29, 0.717) is 0 Å². The molecule has 0 atom stereocenters. The standard InChI is InChI=1S/C12H13N3O4S3/c13-9-6-10(20-8-4-2-1-3-5-8)12(22(15,18)19)7-11(9)21(14,16)17/h1-7H,13H2,(H2,14,16,17)(H2,15,18,19). The summed E-state index contributed by atoms with van der Waals surface area (Å²) in [6.45, 7) is 0. The molecule has 22 heavy (non-hydrogen) atoms. The van der Waals surface area contributed by atoms with Crippen molar-refractivity contribution in [1.29, 1.82) is 0 Å². The van der Waals surface area contributed by atoms with Crippen LogP contribution in [-0.2, 0) is 20.0 Å². The molecule has 6 N–H and O–H groups in total. The monoisotopic (exact) mass is 359 g/mol. The van der Waals surface area contributed by atoms with E-state index in [1.165, 1.54) is 6.07 Å². The summed E-state index contributed by atoms with van der Waals surface area (Å²) in [7, 11) is -8.31. The van der Waals surface area contributed by atoms with Gasteiger partial charge in [-0.1, -0.05) is 30.0 Å². The third-order valence-corrected chi connectivity index (χ3v) is 5.77. The second-order valence-corrected chi connectivity index (χ2v) is 8.52. The summed E-state index contributed by atoms with van der Waals surface area (Å²) in [5, 5.41) is 10.2. The summed E-state index contributed by atoms with van der Waals surface area (Å²) in [6, 6.07) is 11.0. The van der Waals surface area contributed by atoms with E-state index >= 15 is 0 Å². The highest BCUT2D eigenvalue weighted by molar-refractivity contribution is 8.00. The number of nitrogens with two attached hydrogens (primary N) is 3. The summed E-state index contributed by atoms with van der Waals surface area (Å²) < 4.78 is 46.4. The largest absolute Gasteiger partial charge is 0.398 e. The zero-order valence-electron chi connectivity index (χ0n) is 11.1. The van der Waals surface area contributed by atoms with Crippen LogP contribution in [0.3, 0.4) is 0 Å². The molecule has 0 unspecified atom stereocenters. The molecule has 0 saturated heterocycles. The fraction of sp³-hybridized carbons (Fsp3) is 0. The average molecular weight is 359 g/mol. The van der Waals surface area contributed by atoms with Crippen LogP contribution in [0.4, 0.5) is 5.69 Å². The molecule has 10 heteroatoms. The van der Waals surface area contributed by atoms with Gasteiger partial charge in [-0.15, -0.1) is 0 Å². The molecule has 7 nitrogen and oxygen atoms in total. The Bertz CT molecular complexity index is 910. The van der Waals surface area contributed by atoms with Gasteiger partial charge in [-0.05, 0) is 24.3 Å². The highest BCUT2D eigenvalue weighted by Crippen LogP contribution is 2.36. The van der Waals surface area contributed by atoms with E-state index in [-0.39, 0.29) is 15.5 Å². The van der Waals surface area contributed by atoms with Crippen molar-refractivity contribution in [2.24, 2.45) is 10.3 Å². The van der Waals surface area contributed by atoms with Crippen molar-refractivity contribution in [3.8, 4) is 0 Å². The minimum absolute atomic E-state index is 0.145. The molecule has 0 radical (unpaired) electrons. The fourth-order valence-electron chi connectivity index (χ4n) is 1.72. The summed E-state index contributed by atoms with van der Waals surface area (Å²) >= 11 is 1.10. The first-order valence-corrected chi connectivity index (χ1v) is 9.72. The van der Waals surface area contributed by atoms with E-state index in [0.717, 1.165) is 22.7 Å². The van der Waals surface area contributed by atoms with Crippen LogP contribution in [-0.4, -0.2) is 16.8 Å². The molecule has 0 aliphatic heterocycles. The zero-order valence-corrected chi connectivity index (χ0v) is 13.6. The lowest BCUT2D eigenvalue weighted by Crippen LogP contribution is -2.18. The Labute approximate surface area is 132 Å². The Morgan fingerprint density at radius 3 is 1.86 bits per heavy atom. The van der Waals surface area contributed by atoms with Crippen LogP contribution in [0.15, 0.2) is 62.0 Å². The van der Waals surface area contributed by atoms with Crippen molar-refractivity contribution in [2.75, 3.05) is 5.73 Å². The quantitative estimate of drug-likeness (QED) is 0.685. The number of anilines is 1. The summed E-state index contributed by atoms with van der Waals surface area (Å²) in [6.07, 6.45) is 0. The number of nitrogen functional groups attached to an aromatic ring is 1. The van der Waals surface area contributed by atoms with Crippen molar-refractivity contribution in [2.45, 2.75) is 19.6 Å². The van der Waals surface area contributed by atoms with Crippen molar-refractivity contribution in [1.82, 2.24) is 0 Å². The average Bonchev–Trinajstić information content (AvgIpc) is 2.37. The minimum Gasteiger partial charge on any atom is -0.398 e. The molecule has 0 amide bonds. The smallest absolute Gasteiger partial charge is 0.240 e. The van der Waals surface area contributed by atoms with E-state index in [1.807, 2.05) is 6.07 Å². The van der Waals surface area contributed by atoms with Crippen LogP contribution < -0.4 is 16.0 Å². The SMILES string of the molecule is Nc1cc(Sc2ccccc2)c(S(N)(=O)=O)cc1S(N)(=O)=O. The third-order valence-electron chi connectivity index (χ3n) is 2.66. The molecule has 118 valence electrons. The molecule has 0 fully saturated rings. The lowest BCUT2D eigenvalue weighted by atomic mass is 10.3. The molecule has 0 aliphatic rings. The lowest BCUT2D eigenvalue weighted by molar-refractivity contribution is 0.594. The molecule has 2 aromatic carbocycles.